The van der Waals surface area contributed by atoms with Gasteiger partial charge in [0.25, 0.3) is 5.91 Å². The normalized spacial score (nSPS) is 18.2. The first-order valence-corrected chi connectivity index (χ1v) is 7.38. The van der Waals surface area contributed by atoms with E-state index in [4.69, 9.17) is 23.8 Å². The minimum absolute atomic E-state index is 0.0503. The Morgan fingerprint density at radius 3 is 2.79 bits per heavy atom. The number of carbonyl (C=O) groups is 2. The first-order chi connectivity index (χ1) is 9.08. The van der Waals surface area contributed by atoms with Gasteiger partial charge >= 0.3 is 0 Å². The quantitative estimate of drug-likeness (QED) is 0.818. The molecule has 0 unspecified atom stereocenters. The van der Waals surface area contributed by atoms with E-state index >= 15 is 0 Å². The van der Waals surface area contributed by atoms with Gasteiger partial charge in [-0.1, -0.05) is 35.5 Å². The van der Waals surface area contributed by atoms with Crippen LogP contribution in [-0.4, -0.2) is 27.9 Å². The van der Waals surface area contributed by atoms with Crippen molar-refractivity contribution in [2.24, 2.45) is 0 Å². The fraction of sp³-hybridized carbons (Fsp3) is 0.250. The van der Waals surface area contributed by atoms with E-state index in [0.717, 1.165) is 5.75 Å². The predicted octanol–water partition coefficient (Wildman–Crippen LogP) is 1.98. The standard InChI is InChI=1S/C12H11ClN2O2S2/c13-8-4-2-1-3-7(8)10(16)15-12(18)14-9-5-6-19-11(9)17/h1-4,9H,5-6H2,(H2,14,15,16,18)/t9-/m1/s1. The Morgan fingerprint density at radius 1 is 1.42 bits per heavy atom. The van der Waals surface area contributed by atoms with Gasteiger partial charge in [0.05, 0.1) is 16.6 Å². The fourth-order valence-corrected chi connectivity index (χ4v) is 3.03. The Bertz CT molecular complexity index is 536. The van der Waals surface area contributed by atoms with Gasteiger partial charge in [-0.3, -0.25) is 14.9 Å². The SMILES string of the molecule is O=C(NC(=S)N[C@@H]1CCSC1=O)c1ccccc1Cl. The van der Waals surface area contributed by atoms with E-state index < -0.39 is 0 Å². The summed E-state index contributed by atoms with van der Waals surface area (Å²) in [5, 5.41) is 5.91. The molecule has 0 aliphatic carbocycles. The Balaban J connectivity index is 1.94. The van der Waals surface area contributed by atoms with Gasteiger partial charge in [-0.05, 0) is 30.8 Å². The minimum Gasteiger partial charge on any atom is -0.352 e. The minimum atomic E-state index is -0.388. The van der Waals surface area contributed by atoms with Crippen molar-refractivity contribution in [2.45, 2.75) is 12.5 Å². The molecule has 1 atom stereocenters. The molecule has 19 heavy (non-hydrogen) atoms. The Labute approximate surface area is 125 Å². The van der Waals surface area contributed by atoms with Crippen LogP contribution in [0.1, 0.15) is 16.8 Å². The number of hydrogen-bond acceptors (Lipinski definition) is 4. The smallest absolute Gasteiger partial charge is 0.258 e. The van der Waals surface area contributed by atoms with Crippen molar-refractivity contribution < 1.29 is 9.59 Å². The molecule has 7 heteroatoms. The van der Waals surface area contributed by atoms with Crippen LogP contribution in [0, 0.1) is 0 Å². The lowest BCUT2D eigenvalue weighted by atomic mass is 10.2. The monoisotopic (exact) mass is 314 g/mol. The average Bonchev–Trinajstić information content (AvgIpc) is 2.75. The van der Waals surface area contributed by atoms with Crippen LogP contribution in [0.5, 0.6) is 0 Å². The van der Waals surface area contributed by atoms with E-state index in [1.165, 1.54) is 11.8 Å². The third-order valence-corrected chi connectivity index (χ3v) is 4.14. The first kappa shape index (κ1) is 14.3. The van der Waals surface area contributed by atoms with Gasteiger partial charge < -0.3 is 5.32 Å². The highest BCUT2D eigenvalue weighted by Crippen LogP contribution is 2.19. The Hall–Kier alpha value is -1.11. The van der Waals surface area contributed by atoms with Gasteiger partial charge in [-0.2, -0.15) is 0 Å². The molecule has 1 fully saturated rings. The van der Waals surface area contributed by atoms with Crippen molar-refractivity contribution in [3.8, 4) is 0 Å². The molecule has 0 spiro atoms. The van der Waals surface area contributed by atoms with Gasteiger partial charge in [0.2, 0.25) is 5.12 Å². The van der Waals surface area contributed by atoms with Gasteiger partial charge in [-0.15, -0.1) is 0 Å². The van der Waals surface area contributed by atoms with E-state index in [2.05, 4.69) is 10.6 Å². The van der Waals surface area contributed by atoms with E-state index in [1.807, 2.05) is 0 Å². The third kappa shape index (κ3) is 3.68. The van der Waals surface area contributed by atoms with Crippen molar-refractivity contribution >= 4 is 51.7 Å². The van der Waals surface area contributed by atoms with Crippen molar-refractivity contribution in [3.63, 3.8) is 0 Å². The summed E-state index contributed by atoms with van der Waals surface area (Å²) in [6.07, 6.45) is 0.714. The van der Waals surface area contributed by atoms with Gasteiger partial charge in [0, 0.05) is 5.75 Å². The van der Waals surface area contributed by atoms with Gasteiger partial charge in [-0.25, -0.2) is 0 Å². The molecule has 1 saturated heterocycles. The van der Waals surface area contributed by atoms with Crippen molar-refractivity contribution in [1.29, 1.82) is 0 Å². The molecule has 0 saturated carbocycles. The lowest BCUT2D eigenvalue weighted by molar-refractivity contribution is -0.111. The number of halogens is 1. The fourth-order valence-electron chi connectivity index (χ4n) is 1.64. The van der Waals surface area contributed by atoms with Crippen LogP contribution < -0.4 is 10.6 Å². The van der Waals surface area contributed by atoms with E-state index in [9.17, 15) is 9.59 Å². The summed E-state index contributed by atoms with van der Waals surface area (Å²) in [5.41, 5.74) is 0.348. The molecule has 1 aliphatic rings. The summed E-state index contributed by atoms with van der Waals surface area (Å²) in [7, 11) is 0. The molecular weight excluding hydrogens is 304 g/mol. The third-order valence-electron chi connectivity index (χ3n) is 2.59. The second-order valence-electron chi connectivity index (χ2n) is 3.92. The van der Waals surface area contributed by atoms with Crippen LogP contribution in [0.25, 0.3) is 0 Å². The number of rotatable bonds is 2. The molecule has 2 rings (SSSR count). The van der Waals surface area contributed by atoms with Crippen molar-refractivity contribution in [2.75, 3.05) is 5.75 Å². The molecule has 1 amide bonds. The van der Waals surface area contributed by atoms with Crippen LogP contribution in [0.4, 0.5) is 0 Å². The number of thioether (sulfide) groups is 1. The highest BCUT2D eigenvalue weighted by Gasteiger charge is 2.26. The topological polar surface area (TPSA) is 58.2 Å². The van der Waals surface area contributed by atoms with E-state index in [1.54, 1.807) is 24.3 Å². The lowest BCUT2D eigenvalue weighted by Gasteiger charge is -2.13. The summed E-state index contributed by atoms with van der Waals surface area (Å²) < 4.78 is 0. The van der Waals surface area contributed by atoms with Crippen LogP contribution in [0.15, 0.2) is 24.3 Å². The second-order valence-corrected chi connectivity index (χ2v) is 5.83. The van der Waals surface area contributed by atoms with Crippen LogP contribution in [0.2, 0.25) is 5.02 Å². The molecule has 1 aliphatic heterocycles. The number of benzene rings is 1. The molecule has 0 radical (unpaired) electrons. The zero-order chi connectivity index (χ0) is 13.8. The number of thiocarbonyl (C=S) groups is 1. The first-order valence-electron chi connectivity index (χ1n) is 5.61. The highest BCUT2D eigenvalue weighted by molar-refractivity contribution is 8.14. The van der Waals surface area contributed by atoms with Crippen LogP contribution in [0.3, 0.4) is 0 Å². The van der Waals surface area contributed by atoms with Crippen LogP contribution >= 0.6 is 35.6 Å². The molecule has 0 aromatic heterocycles. The Morgan fingerprint density at radius 2 is 2.16 bits per heavy atom. The predicted molar refractivity (Wildman–Crippen MR) is 80.5 cm³/mol. The maximum atomic E-state index is 11.9. The molecule has 1 heterocycles. The average molecular weight is 315 g/mol. The zero-order valence-electron chi connectivity index (χ0n) is 9.81. The summed E-state index contributed by atoms with van der Waals surface area (Å²) in [6, 6.07) is 6.38. The number of nitrogens with one attached hydrogen (secondary N) is 2. The summed E-state index contributed by atoms with van der Waals surface area (Å²) in [4.78, 5) is 23.3. The number of carbonyl (C=O) groups excluding carboxylic acids is 2. The summed E-state index contributed by atoms with van der Waals surface area (Å²) in [6.45, 7) is 0. The zero-order valence-corrected chi connectivity index (χ0v) is 12.2. The van der Waals surface area contributed by atoms with Crippen molar-refractivity contribution in [1.82, 2.24) is 10.6 Å². The van der Waals surface area contributed by atoms with Gasteiger partial charge in [0.1, 0.15) is 0 Å². The maximum absolute atomic E-state index is 11.9. The Kier molecular flexibility index (Phi) is 4.79. The molecule has 1 aromatic rings. The molecule has 2 N–H and O–H groups in total. The largest absolute Gasteiger partial charge is 0.352 e. The lowest BCUT2D eigenvalue weighted by Crippen LogP contribution is -2.45. The summed E-state index contributed by atoms with van der Waals surface area (Å²) >= 11 is 12.2. The maximum Gasteiger partial charge on any atom is 0.258 e. The van der Waals surface area contributed by atoms with Gasteiger partial charge in [0.15, 0.2) is 5.11 Å². The summed E-state index contributed by atoms with van der Waals surface area (Å²) in [5.74, 6) is 0.388. The van der Waals surface area contributed by atoms with E-state index in [0.29, 0.717) is 17.0 Å². The molecule has 4 nitrogen and oxygen atoms in total. The number of hydrogen-bond donors (Lipinski definition) is 2. The molecule has 0 bridgehead atoms. The van der Waals surface area contributed by atoms with E-state index in [-0.39, 0.29) is 22.2 Å². The molecule has 1 aromatic carbocycles. The highest BCUT2D eigenvalue weighted by atomic mass is 35.5. The van der Waals surface area contributed by atoms with Crippen molar-refractivity contribution in [3.05, 3.63) is 34.9 Å². The molecular formula is C12H11ClN2O2S2. The number of amides is 1. The molecule has 100 valence electrons. The second kappa shape index (κ2) is 6.36. The van der Waals surface area contributed by atoms with Crippen LogP contribution in [-0.2, 0) is 4.79 Å².